The van der Waals surface area contributed by atoms with E-state index in [0.717, 1.165) is 6.42 Å². The lowest BCUT2D eigenvalue weighted by molar-refractivity contribution is -0.116. The summed E-state index contributed by atoms with van der Waals surface area (Å²) >= 11 is 0. The van der Waals surface area contributed by atoms with Crippen molar-refractivity contribution in [1.82, 2.24) is 0 Å². The van der Waals surface area contributed by atoms with Gasteiger partial charge in [0.2, 0.25) is 5.91 Å². The number of hydrogen-bond donors (Lipinski definition) is 2. The van der Waals surface area contributed by atoms with Gasteiger partial charge in [-0.2, -0.15) is 0 Å². The zero-order chi connectivity index (χ0) is 18.2. The van der Waals surface area contributed by atoms with Gasteiger partial charge in [-0.3, -0.25) is 9.59 Å². The molecule has 5 nitrogen and oxygen atoms in total. The first-order valence-electron chi connectivity index (χ1n) is 8.46. The van der Waals surface area contributed by atoms with Crippen LogP contribution in [-0.2, 0) is 4.79 Å². The molecule has 0 aliphatic rings. The van der Waals surface area contributed by atoms with E-state index < -0.39 is 0 Å². The summed E-state index contributed by atoms with van der Waals surface area (Å²) in [6.07, 6.45) is 1.24. The first-order chi connectivity index (χ1) is 12.0. The van der Waals surface area contributed by atoms with Gasteiger partial charge < -0.3 is 15.4 Å². The van der Waals surface area contributed by atoms with E-state index in [1.54, 1.807) is 30.3 Å². The Morgan fingerprint density at radius 3 is 2.32 bits per heavy atom. The smallest absolute Gasteiger partial charge is 0.255 e. The number of hydrogen-bond acceptors (Lipinski definition) is 3. The Labute approximate surface area is 148 Å². The number of para-hydroxylation sites is 2. The molecule has 0 saturated heterocycles. The van der Waals surface area contributed by atoms with Crippen molar-refractivity contribution >= 4 is 23.2 Å². The van der Waals surface area contributed by atoms with E-state index in [9.17, 15) is 9.59 Å². The molecule has 2 aromatic rings. The third-order valence-electron chi connectivity index (χ3n) is 3.39. The van der Waals surface area contributed by atoms with Gasteiger partial charge in [-0.25, -0.2) is 0 Å². The highest BCUT2D eigenvalue weighted by molar-refractivity contribution is 6.07. The third kappa shape index (κ3) is 5.64. The van der Waals surface area contributed by atoms with Crippen LogP contribution in [0.2, 0.25) is 0 Å². The van der Waals surface area contributed by atoms with Gasteiger partial charge in [0.25, 0.3) is 5.91 Å². The minimum atomic E-state index is -0.258. The molecule has 25 heavy (non-hydrogen) atoms. The molecule has 2 rings (SSSR count). The molecule has 0 fully saturated rings. The van der Waals surface area contributed by atoms with Gasteiger partial charge in [0.15, 0.2) is 0 Å². The van der Waals surface area contributed by atoms with Crippen molar-refractivity contribution in [1.29, 1.82) is 0 Å². The molecule has 2 amide bonds. The lowest BCUT2D eigenvalue weighted by Crippen LogP contribution is -2.16. The molecule has 0 saturated carbocycles. The summed E-state index contributed by atoms with van der Waals surface area (Å²) in [7, 11) is 0. The first-order valence-corrected chi connectivity index (χ1v) is 8.46. The number of benzene rings is 2. The molecule has 0 unspecified atom stereocenters. The molecule has 0 aliphatic heterocycles. The van der Waals surface area contributed by atoms with E-state index in [1.165, 1.54) is 0 Å². The van der Waals surface area contributed by atoms with Crippen molar-refractivity contribution in [2.45, 2.75) is 39.7 Å². The average Bonchev–Trinajstić information content (AvgIpc) is 2.56. The van der Waals surface area contributed by atoms with Gasteiger partial charge in [-0.05, 0) is 50.6 Å². The normalized spacial score (nSPS) is 10.4. The van der Waals surface area contributed by atoms with Crippen LogP contribution in [0.15, 0.2) is 48.5 Å². The molecular formula is C20H24N2O3. The van der Waals surface area contributed by atoms with E-state index in [0.29, 0.717) is 29.1 Å². The second kappa shape index (κ2) is 8.87. The summed E-state index contributed by atoms with van der Waals surface area (Å²) in [5.41, 5.74) is 1.64. The largest absolute Gasteiger partial charge is 0.491 e. The van der Waals surface area contributed by atoms with Crippen LogP contribution in [0.4, 0.5) is 11.4 Å². The highest BCUT2D eigenvalue weighted by Crippen LogP contribution is 2.23. The second-order valence-corrected chi connectivity index (χ2v) is 5.99. The van der Waals surface area contributed by atoms with Gasteiger partial charge in [-0.15, -0.1) is 0 Å². The topological polar surface area (TPSA) is 67.4 Å². The molecule has 0 aliphatic carbocycles. The maximum Gasteiger partial charge on any atom is 0.255 e. The summed E-state index contributed by atoms with van der Waals surface area (Å²) < 4.78 is 5.62. The summed E-state index contributed by atoms with van der Waals surface area (Å²) in [6.45, 7) is 5.81. The van der Waals surface area contributed by atoms with Gasteiger partial charge >= 0.3 is 0 Å². The Balaban J connectivity index is 2.14. The number of carbonyl (C=O) groups is 2. The molecular weight excluding hydrogens is 316 g/mol. The van der Waals surface area contributed by atoms with Crippen molar-refractivity contribution in [3.63, 3.8) is 0 Å². The Bertz CT molecular complexity index is 741. The summed E-state index contributed by atoms with van der Waals surface area (Å²) in [4.78, 5) is 24.4. The van der Waals surface area contributed by atoms with Crippen molar-refractivity contribution in [2.75, 3.05) is 10.6 Å². The summed E-state index contributed by atoms with van der Waals surface area (Å²) in [5, 5.41) is 5.67. The second-order valence-electron chi connectivity index (χ2n) is 5.99. The van der Waals surface area contributed by atoms with E-state index in [1.807, 2.05) is 39.0 Å². The molecule has 2 aromatic carbocycles. The van der Waals surface area contributed by atoms with Crippen LogP contribution in [0.3, 0.4) is 0 Å². The SMILES string of the molecule is CCCC(=O)Nc1ccccc1NC(=O)c1cccc(OC(C)C)c1. The Morgan fingerprint density at radius 1 is 1.00 bits per heavy atom. The number of nitrogens with one attached hydrogen (secondary N) is 2. The molecule has 0 spiro atoms. The van der Waals surface area contributed by atoms with Crippen molar-refractivity contribution < 1.29 is 14.3 Å². The average molecular weight is 340 g/mol. The lowest BCUT2D eigenvalue weighted by Gasteiger charge is -2.13. The highest BCUT2D eigenvalue weighted by atomic mass is 16.5. The molecule has 0 aromatic heterocycles. The molecule has 0 atom stereocenters. The number of anilines is 2. The van der Waals surface area contributed by atoms with Crippen LogP contribution in [0.1, 0.15) is 44.0 Å². The molecule has 0 radical (unpaired) electrons. The van der Waals surface area contributed by atoms with Gasteiger partial charge in [0, 0.05) is 12.0 Å². The number of rotatable bonds is 7. The third-order valence-corrected chi connectivity index (χ3v) is 3.39. The van der Waals surface area contributed by atoms with Gasteiger partial charge in [0.1, 0.15) is 5.75 Å². The summed E-state index contributed by atoms with van der Waals surface area (Å²) in [5.74, 6) is 0.315. The van der Waals surface area contributed by atoms with Crippen LogP contribution in [0.25, 0.3) is 0 Å². The van der Waals surface area contributed by atoms with Crippen LogP contribution in [-0.4, -0.2) is 17.9 Å². The predicted octanol–water partition coefficient (Wildman–Crippen LogP) is 4.46. The highest BCUT2D eigenvalue weighted by Gasteiger charge is 2.11. The summed E-state index contributed by atoms with van der Waals surface area (Å²) in [6, 6.07) is 14.2. The van der Waals surface area contributed by atoms with E-state index in [2.05, 4.69) is 10.6 Å². The van der Waals surface area contributed by atoms with Crippen LogP contribution in [0.5, 0.6) is 5.75 Å². The quantitative estimate of drug-likeness (QED) is 0.782. The van der Waals surface area contributed by atoms with E-state index >= 15 is 0 Å². The predicted molar refractivity (Wildman–Crippen MR) is 100 cm³/mol. The maximum atomic E-state index is 12.5. The van der Waals surface area contributed by atoms with Crippen molar-refractivity contribution in [2.24, 2.45) is 0 Å². The molecule has 0 heterocycles. The van der Waals surface area contributed by atoms with Gasteiger partial charge in [0.05, 0.1) is 17.5 Å². The Hall–Kier alpha value is -2.82. The lowest BCUT2D eigenvalue weighted by atomic mass is 10.2. The monoisotopic (exact) mass is 340 g/mol. The standard InChI is InChI=1S/C20H24N2O3/c1-4-8-19(23)21-17-11-5-6-12-18(17)22-20(24)15-9-7-10-16(13-15)25-14(2)3/h5-7,9-14H,4,8H2,1-3H3,(H,21,23)(H,22,24). The van der Waals surface area contributed by atoms with Crippen molar-refractivity contribution in [3.8, 4) is 5.75 Å². The minimum absolute atomic E-state index is 0.0350. The maximum absolute atomic E-state index is 12.5. The zero-order valence-electron chi connectivity index (χ0n) is 14.8. The van der Waals surface area contributed by atoms with E-state index in [-0.39, 0.29) is 17.9 Å². The van der Waals surface area contributed by atoms with Gasteiger partial charge in [-0.1, -0.05) is 25.1 Å². The van der Waals surface area contributed by atoms with Crippen LogP contribution < -0.4 is 15.4 Å². The molecule has 5 heteroatoms. The molecule has 0 bridgehead atoms. The van der Waals surface area contributed by atoms with Crippen molar-refractivity contribution in [3.05, 3.63) is 54.1 Å². The fourth-order valence-corrected chi connectivity index (χ4v) is 2.32. The zero-order valence-corrected chi connectivity index (χ0v) is 14.8. The number of carbonyl (C=O) groups excluding carboxylic acids is 2. The molecule has 132 valence electrons. The minimum Gasteiger partial charge on any atom is -0.491 e. The fraction of sp³-hybridized carbons (Fsp3) is 0.300. The Morgan fingerprint density at radius 2 is 1.68 bits per heavy atom. The van der Waals surface area contributed by atoms with E-state index in [4.69, 9.17) is 4.74 Å². The van der Waals surface area contributed by atoms with Crippen LogP contribution >= 0.6 is 0 Å². The number of amides is 2. The Kier molecular flexibility index (Phi) is 6.57. The molecule has 2 N–H and O–H groups in total. The first kappa shape index (κ1) is 18.5. The number of ether oxygens (including phenoxy) is 1. The van der Waals surface area contributed by atoms with Crippen LogP contribution in [0, 0.1) is 0 Å². The fourth-order valence-electron chi connectivity index (χ4n) is 2.32.